The number of halogens is 1. The molecule has 3 aromatic carbocycles. The maximum Gasteiger partial charge on any atom is 0.0796 e. The fourth-order valence-electron chi connectivity index (χ4n) is 5.47. The van der Waals surface area contributed by atoms with E-state index < -0.39 is 0 Å². The molecule has 4 aromatic rings. The van der Waals surface area contributed by atoms with Gasteiger partial charge in [0.25, 0.3) is 0 Å². The van der Waals surface area contributed by atoms with E-state index in [1.807, 2.05) is 6.07 Å². The van der Waals surface area contributed by atoms with Crippen molar-refractivity contribution in [2.45, 2.75) is 45.3 Å². The van der Waals surface area contributed by atoms with E-state index in [4.69, 9.17) is 16.6 Å². The number of anilines is 2. The number of rotatable bonds is 2. The quantitative estimate of drug-likeness (QED) is 0.328. The van der Waals surface area contributed by atoms with Crippen LogP contribution in [0.2, 0.25) is 5.02 Å². The molecule has 0 saturated carbocycles. The molecule has 0 radical (unpaired) electrons. The number of pyridine rings is 1. The van der Waals surface area contributed by atoms with E-state index in [9.17, 15) is 0 Å². The molecule has 1 atom stereocenters. The van der Waals surface area contributed by atoms with Crippen molar-refractivity contribution >= 4 is 33.9 Å². The number of para-hydroxylation sites is 2. The lowest BCUT2D eigenvalue weighted by molar-refractivity contribution is 0.653. The van der Waals surface area contributed by atoms with Crippen LogP contribution in [0.5, 0.6) is 0 Å². The zero-order valence-corrected chi connectivity index (χ0v) is 19.7. The molecule has 2 aliphatic heterocycles. The van der Waals surface area contributed by atoms with Crippen LogP contribution in [0.4, 0.5) is 11.4 Å². The van der Waals surface area contributed by atoms with Crippen molar-refractivity contribution in [3.8, 4) is 0 Å². The molecule has 1 fully saturated rings. The van der Waals surface area contributed by atoms with E-state index in [0.717, 1.165) is 36.6 Å². The maximum atomic E-state index is 6.89. The van der Waals surface area contributed by atoms with Gasteiger partial charge in [-0.25, -0.2) is 0 Å². The largest absolute Gasteiger partial charge is 0.365 e. The van der Waals surface area contributed by atoms with Gasteiger partial charge >= 0.3 is 0 Å². The first-order valence-electron chi connectivity index (χ1n) is 11.9. The highest BCUT2D eigenvalue weighted by molar-refractivity contribution is 6.34. The van der Waals surface area contributed by atoms with Crippen LogP contribution >= 0.6 is 11.6 Å². The Balaban J connectivity index is 1.53. The summed E-state index contributed by atoms with van der Waals surface area (Å²) in [6.45, 7) is 4.83. The first-order valence-corrected chi connectivity index (χ1v) is 12.3. The molecular formula is C29H28ClN3. The summed E-state index contributed by atoms with van der Waals surface area (Å²) in [6, 6.07) is 26.5. The third-order valence-corrected chi connectivity index (χ3v) is 7.45. The molecule has 6 rings (SSSR count). The van der Waals surface area contributed by atoms with Crippen LogP contribution in [-0.2, 0) is 19.5 Å². The minimum absolute atomic E-state index is 0.426. The van der Waals surface area contributed by atoms with Crippen molar-refractivity contribution in [2.75, 3.05) is 16.3 Å². The summed E-state index contributed by atoms with van der Waals surface area (Å²) in [5.74, 6) is 0. The van der Waals surface area contributed by atoms with E-state index >= 15 is 0 Å². The van der Waals surface area contributed by atoms with Crippen LogP contribution in [-0.4, -0.2) is 17.6 Å². The van der Waals surface area contributed by atoms with E-state index in [2.05, 4.69) is 83.5 Å². The summed E-state index contributed by atoms with van der Waals surface area (Å²) in [5.41, 5.74) is 8.62. The molecule has 0 aliphatic carbocycles. The van der Waals surface area contributed by atoms with Crippen molar-refractivity contribution in [2.24, 2.45) is 0 Å². The molecule has 0 bridgehead atoms. The lowest BCUT2D eigenvalue weighted by Gasteiger charge is -2.33. The summed E-state index contributed by atoms with van der Waals surface area (Å²) < 4.78 is 0. The van der Waals surface area contributed by atoms with Crippen LogP contribution in [0, 0.1) is 6.92 Å². The van der Waals surface area contributed by atoms with E-state index in [0.29, 0.717) is 6.04 Å². The topological polar surface area (TPSA) is 19.4 Å². The van der Waals surface area contributed by atoms with Gasteiger partial charge in [-0.05, 0) is 55.2 Å². The Hall–Kier alpha value is -3.04. The van der Waals surface area contributed by atoms with Gasteiger partial charge in [-0.3, -0.25) is 4.98 Å². The smallest absolute Gasteiger partial charge is 0.0796 e. The fourth-order valence-corrected chi connectivity index (χ4v) is 5.75. The Labute approximate surface area is 200 Å². The predicted octanol–water partition coefficient (Wildman–Crippen LogP) is 6.93. The molecular weight excluding hydrogens is 426 g/mol. The summed E-state index contributed by atoms with van der Waals surface area (Å²) in [6.07, 6.45) is 3.33. The first-order chi connectivity index (χ1) is 16.2. The first kappa shape index (κ1) is 20.6. The van der Waals surface area contributed by atoms with Crippen molar-refractivity contribution in [3.05, 3.63) is 100 Å². The monoisotopic (exact) mass is 453 g/mol. The van der Waals surface area contributed by atoms with E-state index in [-0.39, 0.29) is 0 Å². The Morgan fingerprint density at radius 2 is 1.85 bits per heavy atom. The molecule has 0 amide bonds. The Morgan fingerprint density at radius 1 is 1.00 bits per heavy atom. The SMILES string of the molecule is Cc1ccc(CN2Cc3cc4ccccc4nc3CC3CCCN3c3c(Cl)cccc32)cc1. The standard InChI is InChI=1S/C29H28ClN3/c1-20-11-13-21(14-12-20)18-32-19-23-16-22-6-2-3-9-26(22)31-27(23)17-24-7-5-15-33(24)29-25(30)8-4-10-28(29)32/h2-4,6,8-14,16,24H,5,7,15,17-19H2,1H3. The zero-order chi connectivity index (χ0) is 22.4. The van der Waals surface area contributed by atoms with Gasteiger partial charge in [-0.2, -0.15) is 0 Å². The highest BCUT2D eigenvalue weighted by atomic mass is 35.5. The van der Waals surface area contributed by atoms with Gasteiger partial charge in [0, 0.05) is 43.2 Å². The number of benzene rings is 3. The minimum atomic E-state index is 0.426. The van der Waals surface area contributed by atoms with Gasteiger partial charge in [0.2, 0.25) is 0 Å². The van der Waals surface area contributed by atoms with Crippen LogP contribution in [0.25, 0.3) is 10.9 Å². The lowest BCUT2D eigenvalue weighted by Crippen LogP contribution is -2.32. The van der Waals surface area contributed by atoms with Gasteiger partial charge < -0.3 is 9.80 Å². The fraction of sp³-hybridized carbons (Fsp3) is 0.276. The van der Waals surface area contributed by atoms with Crippen molar-refractivity contribution in [1.29, 1.82) is 0 Å². The third-order valence-electron chi connectivity index (χ3n) is 7.15. The molecule has 0 spiro atoms. The Kier molecular flexibility index (Phi) is 5.22. The van der Waals surface area contributed by atoms with Crippen molar-refractivity contribution in [1.82, 2.24) is 4.98 Å². The van der Waals surface area contributed by atoms with Gasteiger partial charge in [0.15, 0.2) is 0 Å². The number of fused-ring (bicyclic) bond motifs is 5. The second kappa shape index (κ2) is 8.39. The average Bonchev–Trinajstić information content (AvgIpc) is 3.28. The Bertz CT molecular complexity index is 1310. The highest BCUT2D eigenvalue weighted by Crippen LogP contribution is 2.43. The average molecular weight is 454 g/mol. The molecule has 4 heteroatoms. The molecule has 1 unspecified atom stereocenters. The summed E-state index contributed by atoms with van der Waals surface area (Å²) >= 11 is 6.89. The van der Waals surface area contributed by atoms with Gasteiger partial charge in [0.05, 0.1) is 21.9 Å². The molecule has 33 heavy (non-hydrogen) atoms. The summed E-state index contributed by atoms with van der Waals surface area (Å²) in [5, 5.41) is 2.05. The molecule has 2 aliphatic rings. The second-order valence-electron chi connectivity index (χ2n) is 9.43. The second-order valence-corrected chi connectivity index (χ2v) is 9.84. The molecule has 1 aromatic heterocycles. The summed E-state index contributed by atoms with van der Waals surface area (Å²) in [4.78, 5) is 10.2. The highest BCUT2D eigenvalue weighted by Gasteiger charge is 2.32. The molecule has 166 valence electrons. The van der Waals surface area contributed by atoms with Gasteiger partial charge in [-0.1, -0.05) is 65.7 Å². The molecule has 3 heterocycles. The van der Waals surface area contributed by atoms with Crippen LogP contribution in [0.1, 0.15) is 35.2 Å². The van der Waals surface area contributed by atoms with Crippen molar-refractivity contribution < 1.29 is 0 Å². The van der Waals surface area contributed by atoms with Gasteiger partial charge in [-0.15, -0.1) is 0 Å². The minimum Gasteiger partial charge on any atom is -0.365 e. The van der Waals surface area contributed by atoms with Crippen molar-refractivity contribution in [3.63, 3.8) is 0 Å². The lowest BCUT2D eigenvalue weighted by atomic mass is 10.0. The van der Waals surface area contributed by atoms with E-state index in [1.54, 1.807) is 0 Å². The normalized spacial score (nSPS) is 17.7. The number of nitrogens with zero attached hydrogens (tertiary/aromatic N) is 3. The number of hydrogen-bond donors (Lipinski definition) is 0. The maximum absolute atomic E-state index is 6.89. The molecule has 0 N–H and O–H groups in total. The van der Waals surface area contributed by atoms with Crippen LogP contribution in [0.3, 0.4) is 0 Å². The zero-order valence-electron chi connectivity index (χ0n) is 19.0. The summed E-state index contributed by atoms with van der Waals surface area (Å²) in [7, 11) is 0. The van der Waals surface area contributed by atoms with E-state index in [1.165, 1.54) is 52.0 Å². The number of hydrogen-bond acceptors (Lipinski definition) is 3. The Morgan fingerprint density at radius 3 is 2.73 bits per heavy atom. The predicted molar refractivity (Wildman–Crippen MR) is 138 cm³/mol. The number of aryl methyl sites for hydroxylation is 1. The van der Waals surface area contributed by atoms with Gasteiger partial charge in [0.1, 0.15) is 0 Å². The third kappa shape index (κ3) is 3.85. The number of aromatic nitrogens is 1. The molecule has 3 nitrogen and oxygen atoms in total. The molecule has 1 saturated heterocycles. The van der Waals surface area contributed by atoms with Crippen LogP contribution < -0.4 is 9.80 Å². The van der Waals surface area contributed by atoms with Crippen LogP contribution in [0.15, 0.2) is 72.8 Å².